The third kappa shape index (κ3) is 3.18. The van der Waals surface area contributed by atoms with Crippen LogP contribution in [0.25, 0.3) is 0 Å². The van der Waals surface area contributed by atoms with Gasteiger partial charge in [-0.2, -0.15) is 0 Å². The highest BCUT2D eigenvalue weighted by atomic mass is 35.5. The summed E-state index contributed by atoms with van der Waals surface area (Å²) in [6.07, 6.45) is 1.73. The van der Waals surface area contributed by atoms with Crippen molar-refractivity contribution in [3.05, 3.63) is 63.9 Å². The van der Waals surface area contributed by atoms with E-state index in [9.17, 15) is 9.18 Å². The van der Waals surface area contributed by atoms with E-state index in [1.165, 1.54) is 18.2 Å². The predicted octanol–water partition coefficient (Wildman–Crippen LogP) is 4.94. The molecule has 0 spiro atoms. The molecule has 0 heterocycles. The van der Waals surface area contributed by atoms with Gasteiger partial charge in [-0.1, -0.05) is 35.3 Å². The van der Waals surface area contributed by atoms with Crippen molar-refractivity contribution in [3.63, 3.8) is 0 Å². The Labute approximate surface area is 137 Å². The highest BCUT2D eigenvalue weighted by molar-refractivity contribution is 6.31. The molecule has 22 heavy (non-hydrogen) atoms. The molecule has 1 fully saturated rings. The first-order valence-corrected chi connectivity index (χ1v) is 7.54. The number of carbonyl (C=O) groups excluding carboxylic acids is 1. The fraction of sp³-hybridized carbons (Fsp3) is 0.188. The number of benzene rings is 2. The molecule has 1 saturated carbocycles. The average molecular weight is 339 g/mol. The van der Waals surface area contributed by atoms with Gasteiger partial charge in [0, 0.05) is 10.7 Å². The van der Waals surface area contributed by atoms with Gasteiger partial charge in [-0.05, 0) is 48.7 Å². The van der Waals surface area contributed by atoms with Crippen molar-refractivity contribution < 1.29 is 9.18 Å². The third-order valence-corrected chi connectivity index (χ3v) is 4.22. The Morgan fingerprint density at radius 1 is 1.09 bits per heavy atom. The van der Waals surface area contributed by atoms with Gasteiger partial charge in [-0.25, -0.2) is 9.18 Å². The predicted molar refractivity (Wildman–Crippen MR) is 85.9 cm³/mol. The molecule has 2 amide bonds. The summed E-state index contributed by atoms with van der Waals surface area (Å²) in [6.45, 7) is 0. The van der Waals surface area contributed by atoms with Gasteiger partial charge >= 0.3 is 6.03 Å². The molecule has 0 aliphatic heterocycles. The van der Waals surface area contributed by atoms with Crippen molar-refractivity contribution >= 4 is 34.9 Å². The largest absolute Gasteiger partial charge is 0.328 e. The molecule has 1 aliphatic rings. The van der Waals surface area contributed by atoms with E-state index in [4.69, 9.17) is 23.2 Å². The SMILES string of the molecule is O=C(Nc1ccc(F)c(Cl)c1)NC1(c2ccc(Cl)cc2)CC1. The number of anilines is 1. The maximum atomic E-state index is 13.1. The van der Waals surface area contributed by atoms with Gasteiger partial charge in [0.2, 0.25) is 0 Å². The summed E-state index contributed by atoms with van der Waals surface area (Å²) in [5.41, 5.74) is 1.11. The summed E-state index contributed by atoms with van der Waals surface area (Å²) in [7, 11) is 0. The lowest BCUT2D eigenvalue weighted by molar-refractivity contribution is 0.247. The maximum absolute atomic E-state index is 13.1. The average Bonchev–Trinajstić information content (AvgIpc) is 3.24. The van der Waals surface area contributed by atoms with Crippen LogP contribution in [0.2, 0.25) is 10.0 Å². The second kappa shape index (κ2) is 5.78. The number of urea groups is 1. The van der Waals surface area contributed by atoms with Gasteiger partial charge in [0.15, 0.2) is 0 Å². The normalized spacial score (nSPS) is 15.2. The van der Waals surface area contributed by atoms with Crippen LogP contribution in [-0.2, 0) is 5.54 Å². The monoisotopic (exact) mass is 338 g/mol. The van der Waals surface area contributed by atoms with Crippen LogP contribution in [0.3, 0.4) is 0 Å². The van der Waals surface area contributed by atoms with E-state index in [2.05, 4.69) is 10.6 Å². The van der Waals surface area contributed by atoms with E-state index in [1.54, 1.807) is 12.1 Å². The van der Waals surface area contributed by atoms with E-state index >= 15 is 0 Å². The minimum Gasteiger partial charge on any atom is -0.328 e. The number of rotatable bonds is 3. The van der Waals surface area contributed by atoms with Crippen LogP contribution in [0.15, 0.2) is 42.5 Å². The Hall–Kier alpha value is -1.78. The van der Waals surface area contributed by atoms with E-state index in [-0.39, 0.29) is 16.6 Å². The number of hydrogen-bond donors (Lipinski definition) is 2. The summed E-state index contributed by atoms with van der Waals surface area (Å²) in [4.78, 5) is 12.1. The van der Waals surface area contributed by atoms with Gasteiger partial charge in [0.1, 0.15) is 5.82 Å². The molecule has 2 aromatic rings. The Balaban J connectivity index is 1.68. The van der Waals surface area contributed by atoms with Crippen LogP contribution >= 0.6 is 23.2 Å². The number of amides is 2. The summed E-state index contributed by atoms with van der Waals surface area (Å²) in [6, 6.07) is 11.1. The van der Waals surface area contributed by atoms with E-state index in [1.807, 2.05) is 12.1 Å². The van der Waals surface area contributed by atoms with Crippen LogP contribution in [0.1, 0.15) is 18.4 Å². The smallest absolute Gasteiger partial charge is 0.319 e. The Morgan fingerprint density at radius 3 is 2.36 bits per heavy atom. The standard InChI is InChI=1S/C16H13Cl2FN2O/c17-11-3-1-10(2-4-11)16(7-8-16)21-15(22)20-12-5-6-14(19)13(18)9-12/h1-6,9H,7-8H2,(H2,20,21,22). The molecule has 2 N–H and O–H groups in total. The molecule has 0 atom stereocenters. The summed E-state index contributed by atoms with van der Waals surface area (Å²) in [5.74, 6) is -0.521. The molecular formula is C16H13Cl2FN2O. The lowest BCUT2D eigenvalue weighted by atomic mass is 10.1. The molecule has 6 heteroatoms. The first-order valence-electron chi connectivity index (χ1n) is 6.79. The minimum absolute atomic E-state index is 0.0309. The number of halogens is 3. The molecule has 0 saturated heterocycles. The molecule has 1 aliphatic carbocycles. The summed E-state index contributed by atoms with van der Waals surface area (Å²) < 4.78 is 13.1. The van der Waals surface area contributed by atoms with Crippen LogP contribution in [0.5, 0.6) is 0 Å². The van der Waals surface area contributed by atoms with Crippen LogP contribution in [0.4, 0.5) is 14.9 Å². The zero-order valence-electron chi connectivity index (χ0n) is 11.5. The zero-order chi connectivity index (χ0) is 15.7. The van der Waals surface area contributed by atoms with Crippen LogP contribution < -0.4 is 10.6 Å². The van der Waals surface area contributed by atoms with Gasteiger partial charge < -0.3 is 10.6 Å². The Morgan fingerprint density at radius 2 is 1.77 bits per heavy atom. The highest BCUT2D eigenvalue weighted by Gasteiger charge is 2.45. The number of carbonyl (C=O) groups is 1. The zero-order valence-corrected chi connectivity index (χ0v) is 13.0. The van der Waals surface area contributed by atoms with Crippen LogP contribution in [-0.4, -0.2) is 6.03 Å². The van der Waals surface area contributed by atoms with Gasteiger partial charge in [0.05, 0.1) is 10.6 Å². The molecular weight excluding hydrogens is 326 g/mol. The molecule has 0 aromatic heterocycles. The first-order chi connectivity index (χ1) is 10.5. The highest BCUT2D eigenvalue weighted by Crippen LogP contribution is 2.45. The summed E-state index contributed by atoms with van der Waals surface area (Å²) in [5, 5.41) is 6.24. The second-order valence-corrected chi connectivity index (χ2v) is 6.14. The van der Waals surface area contributed by atoms with Crippen molar-refractivity contribution in [2.24, 2.45) is 0 Å². The lowest BCUT2D eigenvalue weighted by Crippen LogP contribution is -2.38. The van der Waals surface area contributed by atoms with Crippen molar-refractivity contribution in [1.29, 1.82) is 0 Å². The topological polar surface area (TPSA) is 41.1 Å². The van der Waals surface area contributed by atoms with E-state index < -0.39 is 5.82 Å². The van der Waals surface area contributed by atoms with Gasteiger partial charge in [-0.15, -0.1) is 0 Å². The fourth-order valence-electron chi connectivity index (χ4n) is 2.33. The number of hydrogen-bond acceptors (Lipinski definition) is 1. The minimum atomic E-state index is -0.521. The van der Waals surface area contributed by atoms with Gasteiger partial charge in [0.25, 0.3) is 0 Å². The van der Waals surface area contributed by atoms with Crippen molar-refractivity contribution in [3.8, 4) is 0 Å². The molecule has 3 rings (SSSR count). The van der Waals surface area contributed by atoms with Crippen molar-refractivity contribution in [2.45, 2.75) is 18.4 Å². The van der Waals surface area contributed by atoms with Crippen LogP contribution in [0, 0.1) is 5.82 Å². The Kier molecular flexibility index (Phi) is 3.98. The van der Waals surface area contributed by atoms with Crippen molar-refractivity contribution in [2.75, 3.05) is 5.32 Å². The third-order valence-electron chi connectivity index (χ3n) is 3.68. The molecule has 2 aromatic carbocycles. The molecule has 0 bridgehead atoms. The quantitative estimate of drug-likeness (QED) is 0.817. The van der Waals surface area contributed by atoms with Gasteiger partial charge in [-0.3, -0.25) is 0 Å². The lowest BCUT2D eigenvalue weighted by Gasteiger charge is -2.18. The van der Waals surface area contributed by atoms with E-state index in [0.717, 1.165) is 18.4 Å². The van der Waals surface area contributed by atoms with Crippen molar-refractivity contribution in [1.82, 2.24) is 5.32 Å². The molecule has 0 radical (unpaired) electrons. The molecule has 0 unspecified atom stereocenters. The molecule has 114 valence electrons. The fourth-order valence-corrected chi connectivity index (χ4v) is 2.64. The number of nitrogens with one attached hydrogen (secondary N) is 2. The maximum Gasteiger partial charge on any atom is 0.319 e. The van der Waals surface area contributed by atoms with E-state index in [0.29, 0.717) is 10.7 Å². The molecule has 3 nitrogen and oxygen atoms in total. The first kappa shape index (κ1) is 15.1. The summed E-state index contributed by atoms with van der Waals surface area (Å²) >= 11 is 11.6. The second-order valence-electron chi connectivity index (χ2n) is 5.30. The Bertz CT molecular complexity index is 715.